The third-order valence-corrected chi connectivity index (χ3v) is 4.45. The molecule has 1 aliphatic rings. The van der Waals surface area contributed by atoms with E-state index < -0.39 is 5.54 Å². The highest BCUT2D eigenvalue weighted by Gasteiger charge is 2.36. The topological polar surface area (TPSA) is 52.7 Å². The molecule has 0 aromatic heterocycles. The molecule has 3 atom stereocenters. The van der Waals surface area contributed by atoms with Gasteiger partial charge in [0.2, 0.25) is 0 Å². The van der Waals surface area contributed by atoms with Crippen LogP contribution in [0.15, 0.2) is 30.3 Å². The molecule has 1 aliphatic heterocycles. The lowest BCUT2D eigenvalue weighted by molar-refractivity contribution is 0.145. The second kappa shape index (κ2) is 6.22. The van der Waals surface area contributed by atoms with Gasteiger partial charge in [-0.2, -0.15) is 0 Å². The van der Waals surface area contributed by atoms with Crippen LogP contribution < -0.4 is 5.73 Å². The summed E-state index contributed by atoms with van der Waals surface area (Å²) in [6.45, 7) is 5.00. The molecule has 0 aliphatic carbocycles. The Bertz CT molecular complexity index is 423. The molecule has 2 rings (SSSR count). The summed E-state index contributed by atoms with van der Waals surface area (Å²) in [5, 5.41) is 9.78. The highest BCUT2D eigenvalue weighted by Crippen LogP contribution is 2.25. The Morgan fingerprint density at radius 2 is 1.95 bits per heavy atom. The molecule has 1 saturated heterocycles. The minimum Gasteiger partial charge on any atom is -0.394 e. The van der Waals surface area contributed by atoms with Gasteiger partial charge >= 0.3 is 0 Å². The van der Waals surface area contributed by atoms with Crippen LogP contribution in [0.4, 0.5) is 0 Å². The van der Waals surface area contributed by atoms with Gasteiger partial charge in [0.1, 0.15) is 0 Å². The maximum atomic E-state index is 9.78. The average molecular weight is 277 g/mol. The number of nitrogens with zero attached hydrogens (tertiary/aromatic N) is 2. The lowest BCUT2D eigenvalue weighted by Crippen LogP contribution is -2.50. The third-order valence-electron chi connectivity index (χ3n) is 4.45. The van der Waals surface area contributed by atoms with Gasteiger partial charge in [-0.25, -0.2) is 0 Å². The van der Waals surface area contributed by atoms with Crippen LogP contribution >= 0.6 is 0 Å². The van der Waals surface area contributed by atoms with Crippen LogP contribution in [0.5, 0.6) is 0 Å². The average Bonchev–Trinajstić information content (AvgIpc) is 2.80. The molecule has 0 bridgehead atoms. The van der Waals surface area contributed by atoms with E-state index in [1.54, 1.807) is 0 Å². The smallest absolute Gasteiger partial charge is 0.0772 e. The molecular formula is C16H27N3O. The zero-order valence-corrected chi connectivity index (χ0v) is 12.8. The Balaban J connectivity index is 2.08. The highest BCUT2D eigenvalue weighted by molar-refractivity contribution is 5.24. The first-order chi connectivity index (χ1) is 9.46. The van der Waals surface area contributed by atoms with Crippen molar-refractivity contribution in [1.82, 2.24) is 9.80 Å². The van der Waals surface area contributed by atoms with Crippen LogP contribution in [0.1, 0.15) is 12.5 Å². The fourth-order valence-electron chi connectivity index (χ4n) is 3.25. The van der Waals surface area contributed by atoms with Gasteiger partial charge in [0, 0.05) is 25.7 Å². The lowest BCUT2D eigenvalue weighted by Gasteiger charge is -2.32. The van der Waals surface area contributed by atoms with Crippen LogP contribution in [0, 0.1) is 5.92 Å². The molecule has 1 aromatic rings. The molecule has 0 amide bonds. The first-order valence-electron chi connectivity index (χ1n) is 7.30. The quantitative estimate of drug-likeness (QED) is 0.832. The Morgan fingerprint density at radius 1 is 1.30 bits per heavy atom. The van der Waals surface area contributed by atoms with Gasteiger partial charge in [0.05, 0.1) is 12.1 Å². The largest absolute Gasteiger partial charge is 0.394 e. The van der Waals surface area contributed by atoms with Crippen LogP contribution in [0.25, 0.3) is 0 Å². The number of rotatable bonds is 5. The van der Waals surface area contributed by atoms with E-state index in [9.17, 15) is 5.11 Å². The zero-order chi connectivity index (χ0) is 14.8. The first kappa shape index (κ1) is 15.4. The van der Waals surface area contributed by atoms with Gasteiger partial charge in [-0.15, -0.1) is 0 Å². The van der Waals surface area contributed by atoms with Crippen molar-refractivity contribution in [2.24, 2.45) is 11.7 Å². The standard InChI is InChI=1S/C16H27N3O/c1-13-9-19(10-15(13)18(2)3)11-16(17,12-20)14-7-5-4-6-8-14/h4-8,13,15,20H,9-12,17H2,1-3H3. The van der Waals surface area contributed by atoms with Crippen molar-refractivity contribution in [2.45, 2.75) is 18.5 Å². The van der Waals surface area contributed by atoms with Gasteiger partial charge < -0.3 is 15.7 Å². The summed E-state index contributed by atoms with van der Waals surface area (Å²) < 4.78 is 0. The van der Waals surface area contributed by atoms with Crippen LogP contribution in [0.3, 0.4) is 0 Å². The summed E-state index contributed by atoms with van der Waals surface area (Å²) in [5.41, 5.74) is 6.78. The second-order valence-corrected chi connectivity index (χ2v) is 6.38. The third kappa shape index (κ3) is 3.20. The van der Waals surface area contributed by atoms with Gasteiger partial charge in [0.25, 0.3) is 0 Å². The van der Waals surface area contributed by atoms with E-state index in [-0.39, 0.29) is 6.61 Å². The minimum atomic E-state index is -0.678. The molecule has 4 nitrogen and oxygen atoms in total. The summed E-state index contributed by atoms with van der Waals surface area (Å²) in [6, 6.07) is 10.5. The Hall–Kier alpha value is -0.940. The van der Waals surface area contributed by atoms with Crippen molar-refractivity contribution in [3.05, 3.63) is 35.9 Å². The SMILES string of the molecule is CC1CN(CC(N)(CO)c2ccccc2)CC1N(C)C. The fourth-order valence-corrected chi connectivity index (χ4v) is 3.25. The maximum Gasteiger partial charge on any atom is 0.0772 e. The normalized spacial score (nSPS) is 26.9. The molecule has 112 valence electrons. The Morgan fingerprint density at radius 3 is 2.45 bits per heavy atom. The van der Waals surface area contributed by atoms with Gasteiger partial charge in [-0.3, -0.25) is 4.90 Å². The number of aliphatic hydroxyl groups excluding tert-OH is 1. The highest BCUT2D eigenvalue weighted by atomic mass is 16.3. The molecular weight excluding hydrogens is 250 g/mol. The molecule has 0 saturated carbocycles. The molecule has 4 heteroatoms. The molecule has 1 heterocycles. The predicted molar refractivity (Wildman–Crippen MR) is 82.5 cm³/mol. The van der Waals surface area contributed by atoms with Crippen LogP contribution in [0.2, 0.25) is 0 Å². The number of benzene rings is 1. The van der Waals surface area contributed by atoms with E-state index >= 15 is 0 Å². The number of likely N-dealkylation sites (N-methyl/N-ethyl adjacent to an activating group) is 1. The number of likely N-dealkylation sites (tertiary alicyclic amines) is 1. The fraction of sp³-hybridized carbons (Fsp3) is 0.625. The Kier molecular flexibility index (Phi) is 4.81. The minimum absolute atomic E-state index is 0.0332. The summed E-state index contributed by atoms with van der Waals surface area (Å²) in [6.07, 6.45) is 0. The molecule has 0 radical (unpaired) electrons. The van der Waals surface area contributed by atoms with Crippen LogP contribution in [-0.4, -0.2) is 61.3 Å². The van der Waals surface area contributed by atoms with Crippen molar-refractivity contribution in [3.63, 3.8) is 0 Å². The Labute approximate surface area is 122 Å². The van der Waals surface area contributed by atoms with E-state index in [0.29, 0.717) is 18.5 Å². The molecule has 0 spiro atoms. The van der Waals surface area contributed by atoms with E-state index in [4.69, 9.17) is 5.73 Å². The van der Waals surface area contributed by atoms with Gasteiger partial charge in [-0.1, -0.05) is 37.3 Å². The maximum absolute atomic E-state index is 9.78. The van der Waals surface area contributed by atoms with Gasteiger partial charge in [-0.05, 0) is 25.6 Å². The van der Waals surface area contributed by atoms with E-state index in [0.717, 1.165) is 18.7 Å². The lowest BCUT2D eigenvalue weighted by atomic mass is 9.91. The van der Waals surface area contributed by atoms with Crippen molar-refractivity contribution in [3.8, 4) is 0 Å². The van der Waals surface area contributed by atoms with Crippen LogP contribution in [-0.2, 0) is 5.54 Å². The number of aliphatic hydroxyl groups is 1. The molecule has 3 N–H and O–H groups in total. The molecule has 1 aromatic carbocycles. The monoisotopic (exact) mass is 277 g/mol. The van der Waals surface area contributed by atoms with E-state index in [1.807, 2.05) is 30.3 Å². The van der Waals surface area contributed by atoms with Crippen molar-refractivity contribution in [1.29, 1.82) is 0 Å². The van der Waals surface area contributed by atoms with Crippen molar-refractivity contribution < 1.29 is 5.11 Å². The zero-order valence-electron chi connectivity index (χ0n) is 12.8. The van der Waals surface area contributed by atoms with Crippen molar-refractivity contribution >= 4 is 0 Å². The molecule has 3 unspecified atom stereocenters. The first-order valence-corrected chi connectivity index (χ1v) is 7.30. The summed E-state index contributed by atoms with van der Waals surface area (Å²) in [5.74, 6) is 0.628. The van der Waals surface area contributed by atoms with E-state index in [1.165, 1.54) is 0 Å². The van der Waals surface area contributed by atoms with E-state index in [2.05, 4.69) is 30.8 Å². The predicted octanol–water partition coefficient (Wildman–Crippen LogP) is 0.715. The number of nitrogens with two attached hydrogens (primary N) is 1. The summed E-state index contributed by atoms with van der Waals surface area (Å²) >= 11 is 0. The van der Waals surface area contributed by atoms with Crippen molar-refractivity contribution in [2.75, 3.05) is 40.3 Å². The second-order valence-electron chi connectivity index (χ2n) is 6.38. The molecule has 20 heavy (non-hydrogen) atoms. The number of hydrogen-bond acceptors (Lipinski definition) is 4. The summed E-state index contributed by atoms with van der Waals surface area (Å²) in [7, 11) is 4.26. The number of hydrogen-bond donors (Lipinski definition) is 2. The van der Waals surface area contributed by atoms with Gasteiger partial charge in [0.15, 0.2) is 0 Å². The molecule has 1 fully saturated rings. The summed E-state index contributed by atoms with van der Waals surface area (Å²) in [4.78, 5) is 4.66.